The highest BCUT2D eigenvalue weighted by Crippen LogP contribution is 2.32. The summed E-state index contributed by atoms with van der Waals surface area (Å²) in [7, 11) is 1.71. The molecule has 0 aliphatic carbocycles. The zero-order valence-corrected chi connectivity index (χ0v) is 11.4. The van der Waals surface area contributed by atoms with Gasteiger partial charge in [-0.05, 0) is 55.2 Å². The quantitative estimate of drug-likeness (QED) is 0.812. The molecule has 0 amide bonds. The highest BCUT2D eigenvalue weighted by atomic mass is 16.5. The lowest BCUT2D eigenvalue weighted by atomic mass is 9.92. The molecule has 0 atom stereocenters. The molecular formula is C16H19NO. The average Bonchev–Trinajstić information content (AvgIpc) is 2.39. The van der Waals surface area contributed by atoms with Crippen LogP contribution in [-0.4, -0.2) is 12.1 Å². The monoisotopic (exact) mass is 241 g/mol. The molecule has 1 heterocycles. The van der Waals surface area contributed by atoms with Crippen LogP contribution in [0.3, 0.4) is 0 Å². The predicted octanol–water partition coefficient (Wildman–Crippen LogP) is 3.94. The molecule has 0 saturated carbocycles. The third kappa shape index (κ3) is 2.23. The van der Waals surface area contributed by atoms with Crippen molar-refractivity contribution in [3.8, 4) is 16.9 Å². The Morgan fingerprint density at radius 3 is 2.61 bits per heavy atom. The zero-order chi connectivity index (χ0) is 13.1. The van der Waals surface area contributed by atoms with Crippen molar-refractivity contribution in [2.45, 2.75) is 27.2 Å². The standard InChI is InChI=1S/C16H19NO/c1-5-13-10-14(18-4)9-11(2)16(13)15-7-6-8-17-12(15)3/h6-10H,5H2,1-4H3. The third-order valence-corrected chi connectivity index (χ3v) is 3.28. The van der Waals surface area contributed by atoms with Crippen LogP contribution < -0.4 is 4.74 Å². The summed E-state index contributed by atoms with van der Waals surface area (Å²) in [6.07, 6.45) is 2.82. The fraction of sp³-hybridized carbons (Fsp3) is 0.312. The molecule has 2 heteroatoms. The number of methoxy groups -OCH3 is 1. The van der Waals surface area contributed by atoms with Gasteiger partial charge in [0, 0.05) is 17.5 Å². The van der Waals surface area contributed by atoms with Crippen LogP contribution in [0.1, 0.15) is 23.7 Å². The number of nitrogens with zero attached hydrogens (tertiary/aromatic N) is 1. The molecule has 94 valence electrons. The van der Waals surface area contributed by atoms with Crippen molar-refractivity contribution in [2.24, 2.45) is 0 Å². The number of rotatable bonds is 3. The van der Waals surface area contributed by atoms with Gasteiger partial charge in [0.15, 0.2) is 0 Å². The number of aromatic nitrogens is 1. The largest absolute Gasteiger partial charge is 0.497 e. The second-order valence-corrected chi connectivity index (χ2v) is 4.47. The van der Waals surface area contributed by atoms with Crippen LogP contribution in [0.2, 0.25) is 0 Å². The van der Waals surface area contributed by atoms with E-state index in [9.17, 15) is 0 Å². The van der Waals surface area contributed by atoms with Crippen molar-refractivity contribution in [1.82, 2.24) is 4.98 Å². The molecule has 2 rings (SSSR count). The molecule has 2 nitrogen and oxygen atoms in total. The molecule has 0 bridgehead atoms. The first-order valence-electron chi connectivity index (χ1n) is 6.26. The van der Waals surface area contributed by atoms with Gasteiger partial charge >= 0.3 is 0 Å². The first-order valence-corrected chi connectivity index (χ1v) is 6.26. The first kappa shape index (κ1) is 12.6. The Morgan fingerprint density at radius 1 is 1.22 bits per heavy atom. The summed E-state index contributed by atoms with van der Waals surface area (Å²) in [6, 6.07) is 8.33. The summed E-state index contributed by atoms with van der Waals surface area (Å²) in [6.45, 7) is 6.35. The third-order valence-electron chi connectivity index (χ3n) is 3.28. The average molecular weight is 241 g/mol. The van der Waals surface area contributed by atoms with Gasteiger partial charge in [-0.15, -0.1) is 0 Å². The van der Waals surface area contributed by atoms with Gasteiger partial charge in [-0.25, -0.2) is 0 Å². The lowest BCUT2D eigenvalue weighted by molar-refractivity contribution is 0.414. The maximum atomic E-state index is 5.34. The van der Waals surface area contributed by atoms with Gasteiger partial charge in [0.2, 0.25) is 0 Å². The molecule has 0 spiro atoms. The van der Waals surface area contributed by atoms with Crippen LogP contribution in [0.5, 0.6) is 5.75 Å². The number of pyridine rings is 1. The van der Waals surface area contributed by atoms with E-state index in [1.807, 2.05) is 12.3 Å². The molecule has 0 aliphatic heterocycles. The van der Waals surface area contributed by atoms with Gasteiger partial charge in [0.25, 0.3) is 0 Å². The summed E-state index contributed by atoms with van der Waals surface area (Å²) in [4.78, 5) is 4.38. The summed E-state index contributed by atoms with van der Waals surface area (Å²) >= 11 is 0. The van der Waals surface area contributed by atoms with Crippen LogP contribution in [0.25, 0.3) is 11.1 Å². The van der Waals surface area contributed by atoms with E-state index in [2.05, 4.69) is 44.0 Å². The maximum absolute atomic E-state index is 5.34. The Kier molecular flexibility index (Phi) is 3.66. The van der Waals surface area contributed by atoms with Gasteiger partial charge in [-0.3, -0.25) is 4.98 Å². The predicted molar refractivity (Wildman–Crippen MR) is 75.1 cm³/mol. The molecule has 1 aromatic heterocycles. The fourth-order valence-corrected chi connectivity index (χ4v) is 2.35. The Morgan fingerprint density at radius 2 is 2.00 bits per heavy atom. The van der Waals surface area contributed by atoms with Crippen LogP contribution in [0.15, 0.2) is 30.5 Å². The molecule has 2 aromatic rings. The van der Waals surface area contributed by atoms with Gasteiger partial charge in [0.1, 0.15) is 5.75 Å². The zero-order valence-electron chi connectivity index (χ0n) is 11.4. The van der Waals surface area contributed by atoms with Crippen molar-refractivity contribution in [2.75, 3.05) is 7.11 Å². The minimum atomic E-state index is 0.926. The normalized spacial score (nSPS) is 10.4. The lowest BCUT2D eigenvalue weighted by Gasteiger charge is -2.15. The van der Waals surface area contributed by atoms with Crippen LogP contribution >= 0.6 is 0 Å². The molecule has 0 radical (unpaired) electrons. The minimum absolute atomic E-state index is 0.926. The topological polar surface area (TPSA) is 22.1 Å². The second kappa shape index (κ2) is 5.21. The Balaban J connectivity index is 2.67. The molecule has 0 aliphatic rings. The molecule has 18 heavy (non-hydrogen) atoms. The highest BCUT2D eigenvalue weighted by molar-refractivity contribution is 5.73. The highest BCUT2D eigenvalue weighted by Gasteiger charge is 2.11. The van der Waals surface area contributed by atoms with Gasteiger partial charge in [-0.1, -0.05) is 13.0 Å². The number of hydrogen-bond donors (Lipinski definition) is 0. The summed E-state index contributed by atoms with van der Waals surface area (Å²) in [5, 5.41) is 0. The number of benzene rings is 1. The van der Waals surface area contributed by atoms with Gasteiger partial charge < -0.3 is 4.74 Å². The SMILES string of the molecule is CCc1cc(OC)cc(C)c1-c1cccnc1C. The molecule has 0 unspecified atom stereocenters. The molecule has 0 N–H and O–H groups in total. The number of aryl methyl sites for hydroxylation is 3. The van der Waals surface area contributed by atoms with Crippen LogP contribution in [0, 0.1) is 13.8 Å². The minimum Gasteiger partial charge on any atom is -0.497 e. The van der Waals surface area contributed by atoms with Gasteiger partial charge in [-0.2, -0.15) is 0 Å². The van der Waals surface area contributed by atoms with Crippen molar-refractivity contribution >= 4 is 0 Å². The van der Waals surface area contributed by atoms with E-state index < -0.39 is 0 Å². The molecule has 1 aromatic carbocycles. The Bertz CT molecular complexity index is 561. The van der Waals surface area contributed by atoms with E-state index in [0.717, 1.165) is 17.9 Å². The molecule has 0 fully saturated rings. The van der Waals surface area contributed by atoms with E-state index in [4.69, 9.17) is 4.74 Å². The summed E-state index contributed by atoms with van der Waals surface area (Å²) in [5.74, 6) is 0.926. The lowest BCUT2D eigenvalue weighted by Crippen LogP contribution is -1.97. The molecule has 0 saturated heterocycles. The van der Waals surface area contributed by atoms with Crippen molar-refractivity contribution in [1.29, 1.82) is 0 Å². The van der Waals surface area contributed by atoms with Crippen molar-refractivity contribution in [3.63, 3.8) is 0 Å². The Hall–Kier alpha value is -1.83. The fourth-order valence-electron chi connectivity index (χ4n) is 2.35. The smallest absolute Gasteiger partial charge is 0.119 e. The van der Waals surface area contributed by atoms with E-state index in [0.29, 0.717) is 0 Å². The van der Waals surface area contributed by atoms with Crippen molar-refractivity contribution < 1.29 is 4.74 Å². The van der Waals surface area contributed by atoms with E-state index in [1.54, 1.807) is 7.11 Å². The van der Waals surface area contributed by atoms with Crippen molar-refractivity contribution in [3.05, 3.63) is 47.3 Å². The van der Waals surface area contributed by atoms with Crippen LogP contribution in [0.4, 0.5) is 0 Å². The van der Waals surface area contributed by atoms with E-state index in [1.165, 1.54) is 22.3 Å². The van der Waals surface area contributed by atoms with E-state index in [-0.39, 0.29) is 0 Å². The summed E-state index contributed by atoms with van der Waals surface area (Å²) < 4.78 is 5.34. The number of hydrogen-bond acceptors (Lipinski definition) is 2. The first-order chi connectivity index (χ1) is 8.67. The number of ether oxygens (including phenoxy) is 1. The van der Waals surface area contributed by atoms with Crippen LogP contribution in [-0.2, 0) is 6.42 Å². The summed E-state index contributed by atoms with van der Waals surface area (Å²) in [5.41, 5.74) is 6.13. The Labute approximate surface area is 109 Å². The maximum Gasteiger partial charge on any atom is 0.119 e. The van der Waals surface area contributed by atoms with E-state index >= 15 is 0 Å². The van der Waals surface area contributed by atoms with Gasteiger partial charge in [0.05, 0.1) is 7.11 Å². The second-order valence-electron chi connectivity index (χ2n) is 4.47. The molecular weight excluding hydrogens is 222 g/mol.